The van der Waals surface area contributed by atoms with E-state index >= 15 is 0 Å². The first kappa shape index (κ1) is 12.3. The van der Waals surface area contributed by atoms with Crippen LogP contribution in [0.5, 0.6) is 0 Å². The molecule has 3 nitrogen and oxygen atoms in total. The number of imidazole rings is 1. The Kier molecular flexibility index (Phi) is 3.97. The molecular weight excluding hydrogens is 278 g/mol. The molecule has 1 atom stereocenters. The fraction of sp³-hybridized carbons (Fsp3) is 0.308. The second kappa shape index (κ2) is 5.47. The molecule has 0 spiro atoms. The number of aromatic nitrogens is 2. The van der Waals surface area contributed by atoms with Crippen LogP contribution < -0.4 is 5.32 Å². The summed E-state index contributed by atoms with van der Waals surface area (Å²) in [5.74, 6) is 0. The minimum Gasteiger partial charge on any atom is -0.337 e. The average Bonchev–Trinajstić information content (AvgIpc) is 2.73. The van der Waals surface area contributed by atoms with Gasteiger partial charge in [0.25, 0.3) is 0 Å². The SMILES string of the molecule is C[C@H](NCc1cncn1C)c1ccc(Br)cc1. The van der Waals surface area contributed by atoms with Crippen molar-refractivity contribution in [2.24, 2.45) is 7.05 Å². The zero-order valence-electron chi connectivity index (χ0n) is 10.0. The van der Waals surface area contributed by atoms with E-state index in [1.807, 2.05) is 24.1 Å². The number of hydrogen-bond acceptors (Lipinski definition) is 2. The van der Waals surface area contributed by atoms with Gasteiger partial charge in [0.15, 0.2) is 0 Å². The number of nitrogens with one attached hydrogen (secondary N) is 1. The van der Waals surface area contributed by atoms with Gasteiger partial charge in [-0.2, -0.15) is 0 Å². The first-order valence-corrected chi connectivity index (χ1v) is 6.40. The molecule has 0 radical (unpaired) electrons. The first-order chi connectivity index (χ1) is 8.16. The van der Waals surface area contributed by atoms with E-state index in [0.29, 0.717) is 6.04 Å². The maximum Gasteiger partial charge on any atom is 0.0945 e. The van der Waals surface area contributed by atoms with Crippen molar-refractivity contribution in [3.8, 4) is 0 Å². The van der Waals surface area contributed by atoms with E-state index in [1.165, 1.54) is 11.3 Å². The summed E-state index contributed by atoms with van der Waals surface area (Å²) in [7, 11) is 2.01. The summed E-state index contributed by atoms with van der Waals surface area (Å²) >= 11 is 3.44. The molecule has 0 amide bonds. The average molecular weight is 294 g/mol. The van der Waals surface area contributed by atoms with Crippen LogP contribution in [0.25, 0.3) is 0 Å². The molecular formula is C13H16BrN3. The third-order valence-corrected chi connectivity index (χ3v) is 3.40. The molecule has 1 heterocycles. The molecule has 1 aromatic carbocycles. The number of nitrogens with zero attached hydrogens (tertiary/aromatic N) is 2. The molecule has 0 bridgehead atoms. The van der Waals surface area contributed by atoms with Crippen LogP contribution in [0.2, 0.25) is 0 Å². The summed E-state index contributed by atoms with van der Waals surface area (Å²) in [6, 6.07) is 8.73. The van der Waals surface area contributed by atoms with Crippen LogP contribution in [0.1, 0.15) is 24.2 Å². The predicted octanol–water partition coefficient (Wildman–Crippen LogP) is 3.03. The Labute approximate surface area is 110 Å². The molecule has 0 unspecified atom stereocenters. The molecule has 0 fully saturated rings. The molecule has 2 rings (SSSR count). The van der Waals surface area contributed by atoms with Crippen LogP contribution in [0.15, 0.2) is 41.3 Å². The summed E-state index contributed by atoms with van der Waals surface area (Å²) in [6.07, 6.45) is 3.71. The lowest BCUT2D eigenvalue weighted by atomic mass is 10.1. The zero-order valence-corrected chi connectivity index (χ0v) is 11.6. The van der Waals surface area contributed by atoms with Gasteiger partial charge in [-0.3, -0.25) is 0 Å². The standard InChI is InChI=1S/C13H16BrN3/c1-10(11-3-5-12(14)6-4-11)16-8-13-7-15-9-17(13)2/h3-7,9-10,16H,8H2,1-2H3/t10-/m0/s1. The summed E-state index contributed by atoms with van der Waals surface area (Å²) in [5.41, 5.74) is 2.48. The van der Waals surface area contributed by atoms with Crippen LogP contribution in [0, 0.1) is 0 Å². The van der Waals surface area contributed by atoms with Gasteiger partial charge in [0.2, 0.25) is 0 Å². The Morgan fingerprint density at radius 1 is 1.35 bits per heavy atom. The van der Waals surface area contributed by atoms with Gasteiger partial charge < -0.3 is 9.88 Å². The van der Waals surface area contributed by atoms with E-state index in [0.717, 1.165) is 11.0 Å². The van der Waals surface area contributed by atoms with E-state index in [-0.39, 0.29) is 0 Å². The van der Waals surface area contributed by atoms with Gasteiger partial charge in [-0.15, -0.1) is 0 Å². The molecule has 4 heteroatoms. The van der Waals surface area contributed by atoms with Gasteiger partial charge in [-0.05, 0) is 24.6 Å². The lowest BCUT2D eigenvalue weighted by molar-refractivity contribution is 0.558. The lowest BCUT2D eigenvalue weighted by Crippen LogP contribution is -2.19. The van der Waals surface area contributed by atoms with Crippen LogP contribution in [0.3, 0.4) is 0 Å². The summed E-state index contributed by atoms with van der Waals surface area (Å²) in [6.45, 7) is 2.99. The molecule has 17 heavy (non-hydrogen) atoms. The fourth-order valence-electron chi connectivity index (χ4n) is 1.68. The predicted molar refractivity (Wildman–Crippen MR) is 72.6 cm³/mol. The Bertz CT molecular complexity index is 476. The third-order valence-electron chi connectivity index (χ3n) is 2.88. The summed E-state index contributed by atoms with van der Waals surface area (Å²) < 4.78 is 3.14. The molecule has 1 aromatic heterocycles. The zero-order chi connectivity index (χ0) is 12.3. The van der Waals surface area contributed by atoms with Crippen molar-refractivity contribution in [1.29, 1.82) is 0 Å². The Hall–Kier alpha value is -1.13. The molecule has 90 valence electrons. The molecule has 0 saturated carbocycles. The topological polar surface area (TPSA) is 29.9 Å². The number of rotatable bonds is 4. The van der Waals surface area contributed by atoms with Gasteiger partial charge in [-0.25, -0.2) is 4.98 Å². The van der Waals surface area contributed by atoms with Crippen LogP contribution in [0.4, 0.5) is 0 Å². The maximum atomic E-state index is 4.10. The van der Waals surface area contributed by atoms with Crippen LogP contribution in [-0.4, -0.2) is 9.55 Å². The highest BCUT2D eigenvalue weighted by Crippen LogP contribution is 2.16. The van der Waals surface area contributed by atoms with Gasteiger partial charge in [0.1, 0.15) is 0 Å². The number of benzene rings is 1. The van der Waals surface area contributed by atoms with Crippen molar-refractivity contribution in [3.05, 3.63) is 52.5 Å². The summed E-state index contributed by atoms with van der Waals surface area (Å²) in [4.78, 5) is 4.10. The lowest BCUT2D eigenvalue weighted by Gasteiger charge is -2.14. The minimum absolute atomic E-state index is 0.331. The highest BCUT2D eigenvalue weighted by molar-refractivity contribution is 9.10. The van der Waals surface area contributed by atoms with E-state index in [1.54, 1.807) is 0 Å². The third kappa shape index (κ3) is 3.17. The molecule has 0 aliphatic heterocycles. The molecule has 1 N–H and O–H groups in total. The van der Waals surface area contributed by atoms with Crippen molar-refractivity contribution < 1.29 is 0 Å². The second-order valence-corrected chi connectivity index (χ2v) is 5.07. The van der Waals surface area contributed by atoms with Gasteiger partial charge in [0.05, 0.1) is 12.0 Å². The van der Waals surface area contributed by atoms with Crippen molar-refractivity contribution in [2.75, 3.05) is 0 Å². The largest absolute Gasteiger partial charge is 0.337 e. The number of halogens is 1. The number of hydrogen-bond donors (Lipinski definition) is 1. The van der Waals surface area contributed by atoms with Gasteiger partial charge >= 0.3 is 0 Å². The monoisotopic (exact) mass is 293 g/mol. The van der Waals surface area contributed by atoms with Crippen molar-refractivity contribution in [3.63, 3.8) is 0 Å². The molecule has 2 aromatic rings. The normalized spacial score (nSPS) is 12.6. The van der Waals surface area contributed by atoms with Crippen molar-refractivity contribution in [2.45, 2.75) is 19.5 Å². The van der Waals surface area contributed by atoms with Crippen molar-refractivity contribution >= 4 is 15.9 Å². The van der Waals surface area contributed by atoms with Crippen LogP contribution >= 0.6 is 15.9 Å². The van der Waals surface area contributed by atoms with Crippen LogP contribution in [-0.2, 0) is 13.6 Å². The van der Waals surface area contributed by atoms with E-state index < -0.39 is 0 Å². The Morgan fingerprint density at radius 2 is 2.06 bits per heavy atom. The first-order valence-electron chi connectivity index (χ1n) is 5.61. The van der Waals surface area contributed by atoms with E-state index in [9.17, 15) is 0 Å². The smallest absolute Gasteiger partial charge is 0.0945 e. The van der Waals surface area contributed by atoms with Gasteiger partial charge in [-0.1, -0.05) is 28.1 Å². The maximum absolute atomic E-state index is 4.10. The van der Waals surface area contributed by atoms with E-state index in [4.69, 9.17) is 0 Å². The quantitative estimate of drug-likeness (QED) is 0.939. The molecule has 0 saturated heterocycles. The number of aryl methyl sites for hydroxylation is 1. The Balaban J connectivity index is 1.95. The Morgan fingerprint density at radius 3 is 2.65 bits per heavy atom. The minimum atomic E-state index is 0.331. The van der Waals surface area contributed by atoms with Crippen molar-refractivity contribution in [1.82, 2.24) is 14.9 Å². The highest BCUT2D eigenvalue weighted by atomic mass is 79.9. The fourth-order valence-corrected chi connectivity index (χ4v) is 1.95. The van der Waals surface area contributed by atoms with E-state index in [2.05, 4.69) is 57.4 Å². The summed E-state index contributed by atoms with van der Waals surface area (Å²) in [5, 5.41) is 3.49. The second-order valence-electron chi connectivity index (χ2n) is 4.15. The molecule has 0 aliphatic carbocycles. The molecule has 0 aliphatic rings. The highest BCUT2D eigenvalue weighted by Gasteiger charge is 2.05. The van der Waals surface area contributed by atoms with Gasteiger partial charge in [0, 0.05) is 30.3 Å².